The molecule has 1 unspecified atom stereocenters. The van der Waals surface area contributed by atoms with E-state index >= 15 is 0 Å². The smallest absolute Gasteiger partial charge is 0.0170 e. The van der Waals surface area contributed by atoms with Crippen molar-refractivity contribution in [3.8, 4) is 0 Å². The SMILES string of the molecule is CCCCCCCCC(CN)SCCCCCC. The zero-order chi connectivity index (χ0) is 13.5. The van der Waals surface area contributed by atoms with E-state index in [-0.39, 0.29) is 0 Å². The van der Waals surface area contributed by atoms with Gasteiger partial charge < -0.3 is 5.73 Å². The van der Waals surface area contributed by atoms with Crippen molar-refractivity contribution in [2.75, 3.05) is 12.3 Å². The van der Waals surface area contributed by atoms with E-state index < -0.39 is 0 Å². The summed E-state index contributed by atoms with van der Waals surface area (Å²) in [7, 11) is 0. The van der Waals surface area contributed by atoms with E-state index in [0.717, 1.165) is 11.8 Å². The predicted molar refractivity (Wildman–Crippen MR) is 87.4 cm³/mol. The summed E-state index contributed by atoms with van der Waals surface area (Å²) in [6.07, 6.45) is 15.2. The van der Waals surface area contributed by atoms with E-state index in [1.54, 1.807) is 0 Å². The van der Waals surface area contributed by atoms with Crippen LogP contribution in [0, 0.1) is 0 Å². The summed E-state index contributed by atoms with van der Waals surface area (Å²) in [6.45, 7) is 5.42. The first-order valence-electron chi connectivity index (χ1n) is 8.16. The van der Waals surface area contributed by atoms with Gasteiger partial charge in [-0.2, -0.15) is 11.8 Å². The summed E-state index contributed by atoms with van der Waals surface area (Å²) in [6, 6.07) is 0. The minimum absolute atomic E-state index is 0.720. The summed E-state index contributed by atoms with van der Waals surface area (Å²) in [5, 5.41) is 0.720. The van der Waals surface area contributed by atoms with Gasteiger partial charge in [-0.25, -0.2) is 0 Å². The van der Waals surface area contributed by atoms with Crippen LogP contribution in [0.3, 0.4) is 0 Å². The molecule has 0 fully saturated rings. The van der Waals surface area contributed by atoms with Gasteiger partial charge in [0.2, 0.25) is 0 Å². The maximum absolute atomic E-state index is 5.86. The molecule has 0 heterocycles. The molecule has 0 aromatic rings. The average molecular weight is 274 g/mol. The summed E-state index contributed by atoms with van der Waals surface area (Å²) < 4.78 is 0. The Kier molecular flexibility index (Phi) is 15.6. The lowest BCUT2D eigenvalue weighted by atomic mass is 10.1. The molecular formula is C16H35NS. The molecule has 0 aliphatic heterocycles. The van der Waals surface area contributed by atoms with E-state index in [4.69, 9.17) is 5.73 Å². The highest BCUT2D eigenvalue weighted by atomic mass is 32.2. The highest BCUT2D eigenvalue weighted by Crippen LogP contribution is 2.19. The molecule has 110 valence electrons. The van der Waals surface area contributed by atoms with Gasteiger partial charge in [-0.1, -0.05) is 71.6 Å². The highest BCUT2D eigenvalue weighted by Gasteiger charge is 2.06. The molecule has 0 aromatic heterocycles. The fourth-order valence-corrected chi connectivity index (χ4v) is 3.37. The average Bonchev–Trinajstić information content (AvgIpc) is 2.40. The minimum atomic E-state index is 0.720. The number of rotatable bonds is 14. The molecule has 0 spiro atoms. The molecule has 0 amide bonds. The Labute approximate surface area is 120 Å². The van der Waals surface area contributed by atoms with Gasteiger partial charge in [0.1, 0.15) is 0 Å². The molecule has 1 nitrogen and oxygen atoms in total. The Balaban J connectivity index is 3.29. The van der Waals surface area contributed by atoms with Crippen LogP contribution >= 0.6 is 11.8 Å². The number of unbranched alkanes of at least 4 members (excludes halogenated alkanes) is 8. The molecule has 0 radical (unpaired) electrons. The number of hydrogen-bond donors (Lipinski definition) is 1. The lowest BCUT2D eigenvalue weighted by molar-refractivity contribution is 0.582. The fraction of sp³-hybridized carbons (Fsp3) is 1.00. The van der Waals surface area contributed by atoms with Gasteiger partial charge in [-0.05, 0) is 18.6 Å². The molecule has 2 N–H and O–H groups in total. The maximum Gasteiger partial charge on any atom is 0.0170 e. The number of hydrogen-bond acceptors (Lipinski definition) is 2. The topological polar surface area (TPSA) is 26.0 Å². The second-order valence-corrected chi connectivity index (χ2v) is 6.75. The monoisotopic (exact) mass is 273 g/mol. The molecule has 0 aliphatic rings. The minimum Gasteiger partial charge on any atom is -0.329 e. The van der Waals surface area contributed by atoms with Crippen LogP contribution in [-0.2, 0) is 0 Å². The molecule has 18 heavy (non-hydrogen) atoms. The third-order valence-electron chi connectivity index (χ3n) is 3.49. The Bertz CT molecular complexity index is 150. The van der Waals surface area contributed by atoms with Crippen molar-refractivity contribution in [1.29, 1.82) is 0 Å². The molecule has 1 atom stereocenters. The Morgan fingerprint density at radius 3 is 1.94 bits per heavy atom. The second kappa shape index (κ2) is 15.4. The molecule has 0 saturated heterocycles. The summed E-state index contributed by atoms with van der Waals surface area (Å²) in [5.74, 6) is 1.32. The van der Waals surface area contributed by atoms with Crippen molar-refractivity contribution in [2.24, 2.45) is 5.73 Å². The fourth-order valence-electron chi connectivity index (χ4n) is 2.20. The van der Waals surface area contributed by atoms with Gasteiger partial charge in [0, 0.05) is 11.8 Å². The largest absolute Gasteiger partial charge is 0.329 e. The van der Waals surface area contributed by atoms with Crippen molar-refractivity contribution in [3.63, 3.8) is 0 Å². The Morgan fingerprint density at radius 2 is 1.33 bits per heavy atom. The first kappa shape index (κ1) is 18.3. The van der Waals surface area contributed by atoms with Crippen LogP contribution in [0.4, 0.5) is 0 Å². The van der Waals surface area contributed by atoms with E-state index in [1.165, 1.54) is 76.4 Å². The lowest BCUT2D eigenvalue weighted by Crippen LogP contribution is -2.17. The molecule has 0 bridgehead atoms. The third kappa shape index (κ3) is 12.8. The van der Waals surface area contributed by atoms with Gasteiger partial charge >= 0.3 is 0 Å². The van der Waals surface area contributed by atoms with Crippen molar-refractivity contribution >= 4 is 11.8 Å². The van der Waals surface area contributed by atoms with Crippen molar-refractivity contribution in [1.82, 2.24) is 0 Å². The first-order chi connectivity index (χ1) is 8.85. The van der Waals surface area contributed by atoms with E-state index in [9.17, 15) is 0 Å². The van der Waals surface area contributed by atoms with E-state index in [0.29, 0.717) is 0 Å². The van der Waals surface area contributed by atoms with Gasteiger partial charge in [0.15, 0.2) is 0 Å². The highest BCUT2D eigenvalue weighted by molar-refractivity contribution is 7.99. The zero-order valence-electron chi connectivity index (χ0n) is 12.8. The molecular weight excluding hydrogens is 238 g/mol. The van der Waals surface area contributed by atoms with Gasteiger partial charge in [0.25, 0.3) is 0 Å². The van der Waals surface area contributed by atoms with Crippen molar-refractivity contribution in [2.45, 2.75) is 89.7 Å². The zero-order valence-corrected chi connectivity index (χ0v) is 13.6. The van der Waals surface area contributed by atoms with Crippen LogP contribution in [-0.4, -0.2) is 17.5 Å². The van der Waals surface area contributed by atoms with Crippen LogP contribution < -0.4 is 5.73 Å². The standard InChI is InChI=1S/C16H35NS/c1-3-5-7-9-10-11-13-16(15-17)18-14-12-8-6-4-2/h16H,3-15,17H2,1-2H3. The van der Waals surface area contributed by atoms with E-state index in [1.807, 2.05) is 0 Å². The van der Waals surface area contributed by atoms with Crippen LogP contribution in [0.15, 0.2) is 0 Å². The normalized spacial score (nSPS) is 12.8. The molecule has 0 aliphatic carbocycles. The molecule has 0 saturated carbocycles. The predicted octanol–water partition coefficient (Wildman–Crippen LogP) is 5.38. The molecule has 0 aromatic carbocycles. The molecule has 0 rings (SSSR count). The van der Waals surface area contributed by atoms with Crippen molar-refractivity contribution in [3.05, 3.63) is 0 Å². The number of thioether (sulfide) groups is 1. The Hall–Kier alpha value is 0.310. The summed E-state index contributed by atoms with van der Waals surface area (Å²) >= 11 is 2.12. The van der Waals surface area contributed by atoms with Crippen LogP contribution in [0.2, 0.25) is 0 Å². The van der Waals surface area contributed by atoms with Gasteiger partial charge in [-0.3, -0.25) is 0 Å². The second-order valence-electron chi connectivity index (χ2n) is 5.35. The third-order valence-corrected chi connectivity index (χ3v) is 4.92. The van der Waals surface area contributed by atoms with Gasteiger partial charge in [-0.15, -0.1) is 0 Å². The Morgan fingerprint density at radius 1 is 0.778 bits per heavy atom. The number of nitrogens with two attached hydrogens (primary N) is 1. The van der Waals surface area contributed by atoms with E-state index in [2.05, 4.69) is 25.6 Å². The van der Waals surface area contributed by atoms with Crippen LogP contribution in [0.5, 0.6) is 0 Å². The molecule has 2 heteroatoms. The van der Waals surface area contributed by atoms with Crippen LogP contribution in [0.1, 0.15) is 84.5 Å². The van der Waals surface area contributed by atoms with Crippen LogP contribution in [0.25, 0.3) is 0 Å². The van der Waals surface area contributed by atoms with Crippen molar-refractivity contribution < 1.29 is 0 Å². The quantitative estimate of drug-likeness (QED) is 0.430. The van der Waals surface area contributed by atoms with Gasteiger partial charge in [0.05, 0.1) is 0 Å². The lowest BCUT2D eigenvalue weighted by Gasteiger charge is -2.14. The first-order valence-corrected chi connectivity index (χ1v) is 9.21. The summed E-state index contributed by atoms with van der Waals surface area (Å²) in [4.78, 5) is 0. The summed E-state index contributed by atoms with van der Waals surface area (Å²) in [5.41, 5.74) is 5.86. The maximum atomic E-state index is 5.86.